The van der Waals surface area contributed by atoms with Crippen molar-refractivity contribution >= 4 is 35.3 Å². The first-order valence-electron chi connectivity index (χ1n) is 16.9. The fourth-order valence-electron chi connectivity index (χ4n) is 6.19. The molecule has 1 aliphatic heterocycles. The number of carboxylic acid groups (broad SMARTS) is 1. The number of carbonyl (C=O) groups excluding carboxylic acids is 5. The number of carbonyl (C=O) groups is 6. The van der Waals surface area contributed by atoms with E-state index in [4.69, 9.17) is 0 Å². The van der Waals surface area contributed by atoms with Gasteiger partial charge in [0, 0.05) is 31.7 Å². The lowest BCUT2D eigenvalue weighted by Crippen LogP contribution is -2.57. The Labute approximate surface area is 287 Å². The Hall–Kier alpha value is -5.12. The van der Waals surface area contributed by atoms with E-state index in [-0.39, 0.29) is 38.0 Å². The van der Waals surface area contributed by atoms with Crippen molar-refractivity contribution in [2.24, 2.45) is 11.8 Å². The zero-order chi connectivity index (χ0) is 35.3. The van der Waals surface area contributed by atoms with E-state index in [9.17, 15) is 33.9 Å². The third-order valence-corrected chi connectivity index (χ3v) is 9.14. The molecular weight excluding hydrogens is 622 g/mol. The number of hydrogen-bond donors (Lipinski definition) is 3. The first-order chi connectivity index (χ1) is 23.6. The number of aliphatic carboxylic acids is 1. The van der Waals surface area contributed by atoms with Gasteiger partial charge in [-0.3, -0.25) is 24.0 Å². The molecule has 49 heavy (non-hydrogen) atoms. The quantitative estimate of drug-likeness (QED) is 0.185. The van der Waals surface area contributed by atoms with Crippen molar-refractivity contribution in [3.05, 3.63) is 108 Å². The van der Waals surface area contributed by atoms with Crippen LogP contribution in [0.3, 0.4) is 0 Å². The number of benzene rings is 3. The van der Waals surface area contributed by atoms with Crippen LogP contribution in [0.2, 0.25) is 0 Å². The first-order valence-corrected chi connectivity index (χ1v) is 16.9. The third-order valence-electron chi connectivity index (χ3n) is 9.14. The molecule has 10 heteroatoms. The Morgan fingerprint density at radius 3 is 1.90 bits per heavy atom. The Balaban J connectivity index is 1.56. The summed E-state index contributed by atoms with van der Waals surface area (Å²) in [6, 6.07) is 24.0. The topological polar surface area (TPSA) is 150 Å². The van der Waals surface area contributed by atoms with Gasteiger partial charge < -0.3 is 20.6 Å². The number of rotatable bonds is 17. The summed E-state index contributed by atoms with van der Waals surface area (Å²) in [5.41, 5.74) is 2.37. The van der Waals surface area contributed by atoms with E-state index in [1.54, 1.807) is 31.2 Å². The van der Waals surface area contributed by atoms with Crippen molar-refractivity contribution in [3.8, 4) is 0 Å². The minimum Gasteiger partial charge on any atom is -0.480 e. The molecule has 3 amide bonds. The number of likely N-dealkylation sites (tertiary alicyclic amines) is 1. The summed E-state index contributed by atoms with van der Waals surface area (Å²) in [5, 5.41) is 15.0. The number of Topliss-reactive ketones (excluding diaryl/α,β-unsaturated/α-hetero) is 2. The zero-order valence-corrected chi connectivity index (χ0v) is 28.0. The second-order valence-electron chi connectivity index (χ2n) is 12.8. The van der Waals surface area contributed by atoms with Crippen molar-refractivity contribution in [3.63, 3.8) is 0 Å². The largest absolute Gasteiger partial charge is 0.480 e. The summed E-state index contributed by atoms with van der Waals surface area (Å²) < 4.78 is 0. The highest BCUT2D eigenvalue weighted by Gasteiger charge is 2.40. The molecule has 0 aromatic heterocycles. The molecule has 0 saturated carbocycles. The van der Waals surface area contributed by atoms with Crippen LogP contribution < -0.4 is 10.6 Å². The van der Waals surface area contributed by atoms with Crippen LogP contribution >= 0.6 is 0 Å². The van der Waals surface area contributed by atoms with Crippen LogP contribution in [-0.4, -0.2) is 69.9 Å². The lowest BCUT2D eigenvalue weighted by atomic mass is 9.90. The summed E-state index contributed by atoms with van der Waals surface area (Å²) in [6.45, 7) is 3.83. The van der Waals surface area contributed by atoms with Gasteiger partial charge in [0.15, 0.2) is 0 Å². The molecule has 0 spiro atoms. The Morgan fingerprint density at radius 1 is 0.796 bits per heavy atom. The molecule has 5 unspecified atom stereocenters. The summed E-state index contributed by atoms with van der Waals surface area (Å²) >= 11 is 0. The predicted octanol–water partition coefficient (Wildman–Crippen LogP) is 3.95. The molecule has 3 N–H and O–H groups in total. The van der Waals surface area contributed by atoms with E-state index in [0.717, 1.165) is 11.1 Å². The highest BCUT2D eigenvalue weighted by Crippen LogP contribution is 2.22. The van der Waals surface area contributed by atoms with Gasteiger partial charge in [-0.05, 0) is 41.9 Å². The normalized spacial score (nSPS) is 16.5. The lowest BCUT2D eigenvalue weighted by Gasteiger charge is -2.30. The number of ketones is 2. The summed E-state index contributed by atoms with van der Waals surface area (Å²) in [7, 11) is 0. The van der Waals surface area contributed by atoms with Crippen molar-refractivity contribution in [1.82, 2.24) is 15.5 Å². The lowest BCUT2D eigenvalue weighted by molar-refractivity contribution is -0.150. The van der Waals surface area contributed by atoms with Crippen molar-refractivity contribution in [2.45, 2.75) is 76.9 Å². The SMILES string of the molecule is CCC(C)C(NC(=O)C(=O)C(Cc1ccccc1)NC(=O)C(CC(=O)Cc1ccccc1)Cc1ccccc1)C(=O)N1CCCC1C(=O)O. The van der Waals surface area contributed by atoms with Crippen LogP contribution in [0.1, 0.15) is 56.2 Å². The standard InChI is InChI=1S/C39H45N3O7/c1-3-26(2)34(38(47)42-21-13-20-33(42)39(48)49)41-37(46)35(44)32(24-29-18-11-6-12-19-29)40-36(45)30(22-27-14-7-4-8-15-27)25-31(43)23-28-16-9-5-10-17-28/h4-12,14-19,26,30,32-34H,3,13,20-25H2,1-2H3,(H,40,45)(H,41,46)(H,48,49). The van der Waals surface area contributed by atoms with Crippen LogP contribution in [0.25, 0.3) is 0 Å². The van der Waals surface area contributed by atoms with Crippen LogP contribution in [0.5, 0.6) is 0 Å². The van der Waals surface area contributed by atoms with Crippen LogP contribution in [0, 0.1) is 11.8 Å². The molecule has 3 aromatic rings. The van der Waals surface area contributed by atoms with E-state index < -0.39 is 59.4 Å². The first kappa shape index (κ1) is 36.7. The molecule has 3 aromatic carbocycles. The van der Waals surface area contributed by atoms with E-state index in [1.807, 2.05) is 73.7 Å². The Kier molecular flexibility index (Phi) is 13.4. The van der Waals surface area contributed by atoms with E-state index in [2.05, 4.69) is 10.6 Å². The minimum absolute atomic E-state index is 0.00398. The minimum atomic E-state index is -1.29. The van der Waals surface area contributed by atoms with Gasteiger partial charge in [-0.2, -0.15) is 0 Å². The molecule has 1 aliphatic rings. The Bertz CT molecular complexity index is 1600. The molecule has 0 aliphatic carbocycles. The zero-order valence-electron chi connectivity index (χ0n) is 28.0. The molecule has 0 bridgehead atoms. The highest BCUT2D eigenvalue weighted by atomic mass is 16.4. The molecule has 258 valence electrons. The van der Waals surface area contributed by atoms with Gasteiger partial charge in [0.25, 0.3) is 5.91 Å². The molecule has 4 rings (SSSR count). The molecule has 1 saturated heterocycles. The van der Waals surface area contributed by atoms with E-state index >= 15 is 0 Å². The molecule has 1 heterocycles. The highest BCUT2D eigenvalue weighted by molar-refractivity contribution is 6.38. The maximum Gasteiger partial charge on any atom is 0.326 e. The monoisotopic (exact) mass is 667 g/mol. The van der Waals surface area contributed by atoms with Crippen LogP contribution in [0.15, 0.2) is 91.0 Å². The van der Waals surface area contributed by atoms with Crippen LogP contribution in [0.4, 0.5) is 0 Å². The van der Waals surface area contributed by atoms with Gasteiger partial charge in [-0.25, -0.2) is 4.79 Å². The van der Waals surface area contributed by atoms with Crippen molar-refractivity contribution in [2.75, 3.05) is 6.54 Å². The van der Waals surface area contributed by atoms with Gasteiger partial charge >= 0.3 is 5.97 Å². The average Bonchev–Trinajstić information content (AvgIpc) is 3.61. The number of nitrogens with one attached hydrogen (secondary N) is 2. The number of nitrogens with zero attached hydrogens (tertiary/aromatic N) is 1. The number of amides is 3. The Morgan fingerprint density at radius 2 is 1.35 bits per heavy atom. The van der Waals surface area contributed by atoms with Crippen molar-refractivity contribution < 1.29 is 33.9 Å². The van der Waals surface area contributed by atoms with E-state index in [1.165, 1.54) is 4.90 Å². The fourth-order valence-corrected chi connectivity index (χ4v) is 6.19. The number of carboxylic acids is 1. The van der Waals surface area contributed by atoms with Gasteiger partial charge in [0.2, 0.25) is 17.6 Å². The molecule has 1 fully saturated rings. The molecular formula is C39H45N3O7. The van der Waals surface area contributed by atoms with Gasteiger partial charge in [-0.1, -0.05) is 111 Å². The van der Waals surface area contributed by atoms with Crippen LogP contribution in [-0.2, 0) is 48.0 Å². The molecule has 0 radical (unpaired) electrons. The summed E-state index contributed by atoms with van der Waals surface area (Å²) in [6.07, 6.45) is 1.65. The maximum absolute atomic E-state index is 14.0. The second-order valence-corrected chi connectivity index (χ2v) is 12.8. The van der Waals surface area contributed by atoms with Gasteiger partial charge in [-0.15, -0.1) is 0 Å². The predicted molar refractivity (Wildman–Crippen MR) is 184 cm³/mol. The molecule has 10 nitrogen and oxygen atoms in total. The van der Waals surface area contributed by atoms with Gasteiger partial charge in [0.1, 0.15) is 23.9 Å². The second kappa shape index (κ2) is 17.9. The smallest absolute Gasteiger partial charge is 0.326 e. The maximum atomic E-state index is 14.0. The fraction of sp³-hybridized carbons (Fsp3) is 0.385. The summed E-state index contributed by atoms with van der Waals surface area (Å²) in [5.74, 6) is -5.55. The average molecular weight is 668 g/mol. The number of hydrogen-bond acceptors (Lipinski definition) is 6. The molecule has 5 atom stereocenters. The third kappa shape index (κ3) is 10.4. The van der Waals surface area contributed by atoms with E-state index in [0.29, 0.717) is 24.8 Å². The van der Waals surface area contributed by atoms with Gasteiger partial charge in [0.05, 0.1) is 0 Å². The summed E-state index contributed by atoms with van der Waals surface area (Å²) in [4.78, 5) is 81.3. The van der Waals surface area contributed by atoms with Crippen molar-refractivity contribution in [1.29, 1.82) is 0 Å².